The summed E-state index contributed by atoms with van der Waals surface area (Å²) in [5.74, 6) is 0. The van der Waals surface area contributed by atoms with Crippen LogP contribution in [0.25, 0.3) is 5.53 Å². The van der Waals surface area contributed by atoms with Gasteiger partial charge in [0.25, 0.3) is 0 Å². The summed E-state index contributed by atoms with van der Waals surface area (Å²) >= 11 is 0. The smallest absolute Gasteiger partial charge is 0.360 e. The molecule has 0 saturated heterocycles. The van der Waals surface area contributed by atoms with Gasteiger partial charge in [0.05, 0.1) is 0 Å². The second kappa shape index (κ2) is 9.16. The summed E-state index contributed by atoms with van der Waals surface area (Å²) in [5.41, 5.74) is 8.65. The molecule has 0 saturated carbocycles. The molecular formula is HKN4O. The van der Waals surface area contributed by atoms with Gasteiger partial charge in [0.2, 0.25) is 0 Å². The van der Waals surface area contributed by atoms with Crippen molar-refractivity contribution in [3.05, 3.63) is 10.4 Å². The molecule has 6 heavy (non-hydrogen) atoms. The van der Waals surface area contributed by atoms with Crippen LogP contribution in [0.5, 0.6) is 0 Å². The third-order valence-corrected chi connectivity index (χ3v) is 0.0855. The Morgan fingerprint density at radius 1 is 1.67 bits per heavy atom. The number of rotatable bonds is 2. The van der Waals surface area contributed by atoms with E-state index < -0.39 is 0 Å². The van der Waals surface area contributed by atoms with Crippen molar-refractivity contribution >= 4 is 0 Å². The van der Waals surface area contributed by atoms with Crippen LogP contribution in [0.4, 0.5) is 0 Å². The zero-order valence-electron chi connectivity index (χ0n) is 3.25. The molecule has 6 heteroatoms. The molecule has 0 aliphatic heterocycles. The van der Waals surface area contributed by atoms with Crippen LogP contribution in [-0.2, 0) is 0 Å². The third kappa shape index (κ3) is 8.82. The summed E-state index contributed by atoms with van der Waals surface area (Å²) in [4.78, 5) is 8.79. The fraction of sp³-hybridized carbons (Fsp3) is 0. The normalized spacial score (nSPS) is 4.67. The monoisotopic (exact) mass is 112 g/mol. The molecule has 0 aromatic carbocycles. The molecule has 1 N–H and O–H groups in total. The molecule has 0 radical (unpaired) electrons. The minimum atomic E-state index is 0. The van der Waals surface area contributed by atoms with Crippen molar-refractivity contribution in [2.75, 3.05) is 0 Å². The Balaban J connectivity index is 0. The molecule has 0 unspecified atom stereocenters. The van der Waals surface area contributed by atoms with E-state index in [-0.39, 0.29) is 51.4 Å². The molecule has 0 amide bonds. The fourth-order valence-corrected chi connectivity index (χ4v) is 0.0183. The standard InChI is InChI=1S/K.HN4O/c;1-2-3-4-5/h;(H-,1,3,5)/q+1;-1. The molecule has 0 heterocycles. The van der Waals surface area contributed by atoms with Gasteiger partial charge in [-0.2, -0.15) is 0 Å². The third-order valence-electron chi connectivity index (χ3n) is 0.0855. The van der Waals surface area contributed by atoms with Gasteiger partial charge in [0, 0.05) is 0 Å². The topological polar surface area (TPSA) is 76.1 Å². The first-order chi connectivity index (χ1) is 2.41. The van der Waals surface area contributed by atoms with Gasteiger partial charge >= 0.3 is 51.4 Å². The molecule has 0 aliphatic carbocycles. The van der Waals surface area contributed by atoms with Crippen LogP contribution >= 0.6 is 0 Å². The molecule has 28 valence electrons. The summed E-state index contributed by atoms with van der Waals surface area (Å²) in [6, 6.07) is 0. The predicted octanol–water partition coefficient (Wildman–Crippen LogP) is -2.80. The van der Waals surface area contributed by atoms with Crippen molar-refractivity contribution in [2.45, 2.75) is 0 Å². The molecular weight excluding hydrogens is 111 g/mol. The van der Waals surface area contributed by atoms with E-state index in [4.69, 9.17) is 10.4 Å². The van der Waals surface area contributed by atoms with E-state index in [1.165, 1.54) is 5.53 Å². The van der Waals surface area contributed by atoms with Crippen LogP contribution in [0.3, 0.4) is 0 Å². The summed E-state index contributed by atoms with van der Waals surface area (Å²) in [5, 5.41) is 4.06. The van der Waals surface area contributed by atoms with Crippen molar-refractivity contribution in [3.63, 3.8) is 0 Å². The maximum absolute atomic E-state index is 8.79. The summed E-state index contributed by atoms with van der Waals surface area (Å²) in [6.07, 6.45) is 0. The van der Waals surface area contributed by atoms with Crippen LogP contribution in [0.2, 0.25) is 0 Å². The number of hydrogen-bond donors (Lipinski definition) is 1. The molecule has 0 aliphatic rings. The first-order valence-electron chi connectivity index (χ1n) is 0.830. The van der Waals surface area contributed by atoms with Crippen molar-refractivity contribution in [1.29, 1.82) is 0 Å². The maximum Gasteiger partial charge on any atom is 1.00 e. The van der Waals surface area contributed by atoms with Crippen LogP contribution < -0.4 is 56.9 Å². The van der Waals surface area contributed by atoms with Gasteiger partial charge in [-0.05, 0) is 5.29 Å². The zero-order chi connectivity index (χ0) is 4.12. The number of nitrogens with one attached hydrogen (secondary N) is 1. The Kier molecular flexibility index (Phi) is 15.0. The Hall–Kier alpha value is 0.636. The van der Waals surface area contributed by atoms with E-state index in [9.17, 15) is 0 Å². The molecule has 0 spiro atoms. The molecule has 0 fully saturated rings. The number of nitroso groups, excluding NO2 is 1. The summed E-state index contributed by atoms with van der Waals surface area (Å²) in [7, 11) is 0. The molecule has 0 bridgehead atoms. The van der Waals surface area contributed by atoms with E-state index in [1.807, 2.05) is 5.29 Å². The Morgan fingerprint density at radius 2 is 2.17 bits per heavy atom. The molecule has 0 aromatic rings. The molecule has 0 rings (SSSR count). The second-order valence-electron chi connectivity index (χ2n) is 0.291. The van der Waals surface area contributed by atoms with E-state index in [1.54, 1.807) is 0 Å². The van der Waals surface area contributed by atoms with Gasteiger partial charge in [-0.1, -0.05) is 0 Å². The predicted molar refractivity (Wildman–Crippen MR) is 14.7 cm³/mol. The number of hydrogen-bond acceptors (Lipinski definition) is 3. The van der Waals surface area contributed by atoms with Gasteiger partial charge in [-0.3, -0.25) is 10.8 Å². The molecule has 0 aromatic heterocycles. The maximum atomic E-state index is 8.79. The molecule has 0 atom stereocenters. The van der Waals surface area contributed by atoms with E-state index >= 15 is 0 Å². The summed E-state index contributed by atoms with van der Waals surface area (Å²) < 4.78 is 0. The van der Waals surface area contributed by atoms with Crippen molar-refractivity contribution in [2.24, 2.45) is 10.5 Å². The van der Waals surface area contributed by atoms with Gasteiger partial charge in [0.1, 0.15) is 0 Å². The van der Waals surface area contributed by atoms with E-state index in [0.717, 1.165) is 0 Å². The Labute approximate surface area is 76.7 Å². The number of nitrogens with zero attached hydrogens (tertiary/aromatic N) is 3. The minimum Gasteiger partial charge on any atom is -0.360 e. The van der Waals surface area contributed by atoms with E-state index in [0.29, 0.717) is 0 Å². The van der Waals surface area contributed by atoms with Crippen LogP contribution in [0.1, 0.15) is 0 Å². The van der Waals surface area contributed by atoms with Crippen LogP contribution in [-0.4, -0.2) is 0 Å². The van der Waals surface area contributed by atoms with Gasteiger partial charge in [-0.15, -0.1) is 4.91 Å². The largest absolute Gasteiger partial charge is 1.00 e. The van der Waals surface area contributed by atoms with Crippen LogP contribution in [0, 0.1) is 4.91 Å². The first kappa shape index (κ1) is 9.81. The second-order valence-corrected chi connectivity index (χ2v) is 0.291. The van der Waals surface area contributed by atoms with Gasteiger partial charge in [0.15, 0.2) is 0 Å². The van der Waals surface area contributed by atoms with Gasteiger partial charge in [-0.25, -0.2) is 0 Å². The Morgan fingerprint density at radius 3 is 2.17 bits per heavy atom. The fourth-order valence-electron chi connectivity index (χ4n) is 0.0183. The molecule has 5 nitrogen and oxygen atoms in total. The summed E-state index contributed by atoms with van der Waals surface area (Å²) in [6.45, 7) is 0. The zero-order valence-corrected chi connectivity index (χ0v) is 6.37. The van der Waals surface area contributed by atoms with Crippen molar-refractivity contribution < 1.29 is 51.4 Å². The average Bonchev–Trinajstić information content (AvgIpc) is 1.41. The van der Waals surface area contributed by atoms with Crippen LogP contribution in [0.15, 0.2) is 10.5 Å². The Bertz CT molecular complexity index is 36.8. The quantitative estimate of drug-likeness (QED) is 0.181. The first-order valence-corrected chi connectivity index (χ1v) is 0.830. The van der Waals surface area contributed by atoms with Crippen molar-refractivity contribution in [1.82, 2.24) is 5.53 Å². The van der Waals surface area contributed by atoms with E-state index in [2.05, 4.69) is 5.22 Å². The SMILES string of the molecule is [K+].[N-]=NNN=O. The van der Waals surface area contributed by atoms with Crippen molar-refractivity contribution in [3.8, 4) is 0 Å². The average molecular weight is 112 g/mol. The minimum absolute atomic E-state index is 0. The van der Waals surface area contributed by atoms with Gasteiger partial charge < -0.3 is 5.53 Å².